The summed E-state index contributed by atoms with van der Waals surface area (Å²) in [6.07, 6.45) is 0. The molecule has 3 N–H and O–H groups in total. The van der Waals surface area contributed by atoms with Crippen molar-refractivity contribution in [2.75, 3.05) is 5.73 Å². The van der Waals surface area contributed by atoms with E-state index in [1.54, 1.807) is 30.3 Å². The number of halogens is 1. The van der Waals surface area contributed by atoms with E-state index in [0.29, 0.717) is 16.8 Å². The average Bonchev–Trinajstić information content (AvgIpc) is 2.39. The molecule has 0 radical (unpaired) electrons. The molecule has 0 aromatic heterocycles. The van der Waals surface area contributed by atoms with E-state index in [1.165, 1.54) is 18.2 Å². The van der Waals surface area contributed by atoms with Crippen LogP contribution in [0.2, 0.25) is 0 Å². The van der Waals surface area contributed by atoms with Gasteiger partial charge in [0.2, 0.25) is 10.0 Å². The Morgan fingerprint density at radius 2 is 1.85 bits per heavy atom. The van der Waals surface area contributed by atoms with Gasteiger partial charge in [-0.15, -0.1) is 0 Å². The normalized spacial score (nSPS) is 11.4. The molecule has 0 amide bonds. The van der Waals surface area contributed by atoms with E-state index < -0.39 is 15.8 Å². The van der Waals surface area contributed by atoms with E-state index in [0.717, 1.165) is 0 Å². The van der Waals surface area contributed by atoms with Gasteiger partial charge in [0.05, 0.1) is 5.75 Å². The van der Waals surface area contributed by atoms with Crippen LogP contribution in [0.15, 0.2) is 48.5 Å². The molecule has 0 saturated heterocycles. The minimum Gasteiger partial charge on any atom is -0.398 e. The van der Waals surface area contributed by atoms with Gasteiger partial charge in [-0.3, -0.25) is 0 Å². The summed E-state index contributed by atoms with van der Waals surface area (Å²) in [6.45, 7) is 0.0484. The molecular weight excluding hydrogens is 279 g/mol. The maximum absolute atomic E-state index is 13.0. The summed E-state index contributed by atoms with van der Waals surface area (Å²) in [5, 5.41) is 0. The molecule has 0 aliphatic heterocycles. The second-order valence-electron chi connectivity index (χ2n) is 4.41. The predicted molar refractivity (Wildman–Crippen MR) is 76.7 cm³/mol. The van der Waals surface area contributed by atoms with Crippen LogP contribution >= 0.6 is 0 Å². The molecule has 0 atom stereocenters. The van der Waals surface area contributed by atoms with Crippen LogP contribution in [0.4, 0.5) is 10.1 Å². The Kier molecular flexibility index (Phi) is 4.36. The van der Waals surface area contributed by atoms with Gasteiger partial charge >= 0.3 is 0 Å². The molecule has 0 heterocycles. The number of anilines is 1. The smallest absolute Gasteiger partial charge is 0.216 e. The summed E-state index contributed by atoms with van der Waals surface area (Å²) in [5.41, 5.74) is 7.25. The zero-order valence-electron chi connectivity index (χ0n) is 10.7. The maximum atomic E-state index is 13.0. The number of para-hydroxylation sites is 1. The number of benzene rings is 2. The number of sulfonamides is 1. The third-order valence-corrected chi connectivity index (χ3v) is 4.06. The Hall–Kier alpha value is -1.92. The minimum atomic E-state index is -3.52. The summed E-state index contributed by atoms with van der Waals surface area (Å²) >= 11 is 0. The number of nitrogens with two attached hydrogens (primary N) is 1. The first kappa shape index (κ1) is 14.5. The fourth-order valence-corrected chi connectivity index (χ4v) is 2.92. The second-order valence-corrected chi connectivity index (χ2v) is 6.22. The molecule has 20 heavy (non-hydrogen) atoms. The zero-order valence-corrected chi connectivity index (χ0v) is 11.5. The Bertz CT molecular complexity index is 702. The van der Waals surface area contributed by atoms with Crippen molar-refractivity contribution in [2.24, 2.45) is 0 Å². The van der Waals surface area contributed by atoms with E-state index in [1.807, 2.05) is 0 Å². The van der Waals surface area contributed by atoms with Crippen molar-refractivity contribution in [3.63, 3.8) is 0 Å². The highest BCUT2D eigenvalue weighted by Gasteiger charge is 2.13. The van der Waals surface area contributed by atoms with Gasteiger partial charge in [0, 0.05) is 12.2 Å². The molecule has 106 valence electrons. The molecule has 0 fully saturated rings. The van der Waals surface area contributed by atoms with Crippen molar-refractivity contribution in [1.82, 2.24) is 4.72 Å². The fourth-order valence-electron chi connectivity index (χ4n) is 1.76. The standard InChI is InChI=1S/C14H15FN2O2S/c15-13-6-3-4-11(8-13)9-17-20(18,19)10-12-5-1-2-7-14(12)16/h1-8,17H,9-10,16H2. The van der Waals surface area contributed by atoms with Crippen LogP contribution in [-0.2, 0) is 22.3 Å². The van der Waals surface area contributed by atoms with Crippen molar-refractivity contribution in [3.05, 3.63) is 65.5 Å². The van der Waals surface area contributed by atoms with Crippen molar-refractivity contribution in [3.8, 4) is 0 Å². The van der Waals surface area contributed by atoms with Crippen LogP contribution in [0.3, 0.4) is 0 Å². The third kappa shape index (κ3) is 4.04. The number of hydrogen-bond acceptors (Lipinski definition) is 3. The lowest BCUT2D eigenvalue weighted by Gasteiger charge is -2.08. The average molecular weight is 294 g/mol. The fraction of sp³-hybridized carbons (Fsp3) is 0.143. The van der Waals surface area contributed by atoms with Crippen LogP contribution in [0.1, 0.15) is 11.1 Å². The monoisotopic (exact) mass is 294 g/mol. The summed E-state index contributed by atoms with van der Waals surface area (Å²) < 4.78 is 39.3. The topological polar surface area (TPSA) is 72.2 Å². The first-order valence-electron chi connectivity index (χ1n) is 6.01. The molecule has 0 saturated carbocycles. The number of rotatable bonds is 5. The van der Waals surface area contributed by atoms with E-state index in [2.05, 4.69) is 4.72 Å². The molecule has 0 aliphatic rings. The van der Waals surface area contributed by atoms with Gasteiger partial charge < -0.3 is 5.73 Å². The van der Waals surface area contributed by atoms with Crippen molar-refractivity contribution >= 4 is 15.7 Å². The molecule has 6 heteroatoms. The van der Waals surface area contributed by atoms with Crippen LogP contribution in [0.5, 0.6) is 0 Å². The minimum absolute atomic E-state index is 0.0484. The molecule has 0 bridgehead atoms. The van der Waals surface area contributed by atoms with Gasteiger partial charge in [0.25, 0.3) is 0 Å². The Labute approximate surface area is 117 Å². The molecule has 2 rings (SSSR count). The number of nitrogen functional groups attached to an aromatic ring is 1. The molecule has 2 aromatic carbocycles. The van der Waals surface area contributed by atoms with E-state index in [4.69, 9.17) is 5.73 Å². The highest BCUT2D eigenvalue weighted by Crippen LogP contribution is 2.14. The Morgan fingerprint density at radius 1 is 1.10 bits per heavy atom. The van der Waals surface area contributed by atoms with Gasteiger partial charge in [0.15, 0.2) is 0 Å². The number of hydrogen-bond donors (Lipinski definition) is 2. The zero-order chi connectivity index (χ0) is 14.6. The lowest BCUT2D eigenvalue weighted by Crippen LogP contribution is -2.25. The largest absolute Gasteiger partial charge is 0.398 e. The third-order valence-electron chi connectivity index (χ3n) is 2.79. The second kappa shape index (κ2) is 6.02. The summed E-state index contributed by atoms with van der Waals surface area (Å²) in [4.78, 5) is 0. The van der Waals surface area contributed by atoms with Crippen LogP contribution in [-0.4, -0.2) is 8.42 Å². The van der Waals surface area contributed by atoms with Crippen molar-refractivity contribution in [2.45, 2.75) is 12.3 Å². The van der Waals surface area contributed by atoms with Crippen LogP contribution < -0.4 is 10.5 Å². The van der Waals surface area contributed by atoms with E-state index >= 15 is 0 Å². The van der Waals surface area contributed by atoms with Gasteiger partial charge in [-0.2, -0.15) is 0 Å². The summed E-state index contributed by atoms with van der Waals surface area (Å²) in [7, 11) is -3.52. The maximum Gasteiger partial charge on any atom is 0.216 e. The lowest BCUT2D eigenvalue weighted by atomic mass is 10.2. The van der Waals surface area contributed by atoms with Crippen LogP contribution in [0, 0.1) is 5.82 Å². The van der Waals surface area contributed by atoms with E-state index in [-0.39, 0.29) is 12.3 Å². The quantitative estimate of drug-likeness (QED) is 0.829. The van der Waals surface area contributed by atoms with Gasteiger partial charge in [-0.1, -0.05) is 30.3 Å². The Morgan fingerprint density at radius 3 is 2.55 bits per heavy atom. The first-order chi connectivity index (χ1) is 9.46. The van der Waals surface area contributed by atoms with Crippen molar-refractivity contribution < 1.29 is 12.8 Å². The van der Waals surface area contributed by atoms with E-state index in [9.17, 15) is 12.8 Å². The van der Waals surface area contributed by atoms with Gasteiger partial charge in [-0.05, 0) is 29.3 Å². The van der Waals surface area contributed by atoms with Crippen molar-refractivity contribution in [1.29, 1.82) is 0 Å². The first-order valence-corrected chi connectivity index (χ1v) is 7.67. The van der Waals surface area contributed by atoms with Gasteiger partial charge in [-0.25, -0.2) is 17.5 Å². The molecule has 0 aliphatic carbocycles. The highest BCUT2D eigenvalue weighted by atomic mass is 32.2. The SMILES string of the molecule is Nc1ccccc1CS(=O)(=O)NCc1cccc(F)c1. The molecule has 4 nitrogen and oxygen atoms in total. The highest BCUT2D eigenvalue weighted by molar-refractivity contribution is 7.88. The molecule has 2 aromatic rings. The summed E-state index contributed by atoms with van der Waals surface area (Å²) in [6, 6.07) is 12.6. The Balaban J connectivity index is 2.03. The lowest BCUT2D eigenvalue weighted by molar-refractivity contribution is 0.579. The molecule has 0 unspecified atom stereocenters. The number of nitrogens with one attached hydrogen (secondary N) is 1. The molecular formula is C14H15FN2O2S. The summed E-state index contributed by atoms with van der Waals surface area (Å²) in [5.74, 6) is -0.594. The predicted octanol–water partition coefficient (Wildman–Crippen LogP) is 2.03. The molecule has 0 spiro atoms. The van der Waals surface area contributed by atoms with Gasteiger partial charge in [0.1, 0.15) is 5.82 Å². The van der Waals surface area contributed by atoms with Crippen LogP contribution in [0.25, 0.3) is 0 Å².